The lowest BCUT2D eigenvalue weighted by molar-refractivity contribution is -0.121. The van der Waals surface area contributed by atoms with E-state index in [4.69, 9.17) is 9.47 Å². The summed E-state index contributed by atoms with van der Waals surface area (Å²) in [6, 6.07) is 14.3. The minimum absolute atomic E-state index is 0.165. The SMILES string of the molecule is COc1ccc(N(C(=O)C2CCCN2C(=O)OCc2ccccc2)c2nccs2)cc1Br. The van der Waals surface area contributed by atoms with Crippen LogP contribution in [0.25, 0.3) is 0 Å². The van der Waals surface area contributed by atoms with E-state index in [1.165, 1.54) is 16.2 Å². The van der Waals surface area contributed by atoms with Crippen molar-refractivity contribution in [1.82, 2.24) is 9.88 Å². The van der Waals surface area contributed by atoms with Crippen LogP contribution in [0.2, 0.25) is 0 Å². The van der Waals surface area contributed by atoms with Gasteiger partial charge in [-0.05, 0) is 52.5 Å². The van der Waals surface area contributed by atoms with Crippen molar-refractivity contribution in [3.05, 3.63) is 70.1 Å². The molecule has 1 aliphatic heterocycles. The number of likely N-dealkylation sites (tertiary alicyclic amines) is 1. The molecule has 1 unspecified atom stereocenters. The number of halogens is 1. The topological polar surface area (TPSA) is 72.0 Å². The van der Waals surface area contributed by atoms with Crippen LogP contribution in [0.3, 0.4) is 0 Å². The number of carbonyl (C=O) groups excluding carboxylic acids is 2. The van der Waals surface area contributed by atoms with Crippen LogP contribution >= 0.6 is 27.3 Å². The largest absolute Gasteiger partial charge is 0.496 e. The fourth-order valence-electron chi connectivity index (χ4n) is 3.65. The molecule has 2 amide bonds. The lowest BCUT2D eigenvalue weighted by Gasteiger charge is -2.28. The highest BCUT2D eigenvalue weighted by Crippen LogP contribution is 2.35. The van der Waals surface area contributed by atoms with E-state index in [-0.39, 0.29) is 12.5 Å². The highest BCUT2D eigenvalue weighted by molar-refractivity contribution is 9.10. The van der Waals surface area contributed by atoms with Gasteiger partial charge in [-0.3, -0.25) is 14.6 Å². The monoisotopic (exact) mass is 515 g/mol. The minimum Gasteiger partial charge on any atom is -0.496 e. The van der Waals surface area contributed by atoms with Crippen LogP contribution in [0.15, 0.2) is 64.6 Å². The molecule has 3 aromatic rings. The summed E-state index contributed by atoms with van der Waals surface area (Å²) in [6.45, 7) is 0.640. The summed E-state index contributed by atoms with van der Waals surface area (Å²) in [5.41, 5.74) is 1.54. The lowest BCUT2D eigenvalue weighted by Crippen LogP contribution is -2.46. The molecule has 1 aliphatic rings. The quantitative estimate of drug-likeness (QED) is 0.440. The van der Waals surface area contributed by atoms with Crippen LogP contribution in [-0.2, 0) is 16.1 Å². The first-order valence-electron chi connectivity index (χ1n) is 10.1. The maximum absolute atomic E-state index is 13.7. The Labute approximate surface area is 198 Å². The zero-order valence-electron chi connectivity index (χ0n) is 17.4. The summed E-state index contributed by atoms with van der Waals surface area (Å²) < 4.78 is 11.5. The number of hydrogen-bond acceptors (Lipinski definition) is 6. The maximum atomic E-state index is 13.7. The van der Waals surface area contributed by atoms with Crippen molar-refractivity contribution in [1.29, 1.82) is 0 Å². The highest BCUT2D eigenvalue weighted by atomic mass is 79.9. The van der Waals surface area contributed by atoms with Crippen LogP contribution < -0.4 is 9.64 Å². The number of hydrogen-bond donors (Lipinski definition) is 0. The van der Waals surface area contributed by atoms with E-state index in [9.17, 15) is 9.59 Å². The highest BCUT2D eigenvalue weighted by Gasteiger charge is 2.39. The molecule has 2 heterocycles. The molecule has 4 rings (SSSR count). The third-order valence-electron chi connectivity index (χ3n) is 5.20. The van der Waals surface area contributed by atoms with E-state index in [1.807, 2.05) is 41.8 Å². The van der Waals surface area contributed by atoms with Gasteiger partial charge in [0, 0.05) is 18.1 Å². The lowest BCUT2D eigenvalue weighted by atomic mass is 10.1. The van der Waals surface area contributed by atoms with Crippen molar-refractivity contribution in [2.24, 2.45) is 0 Å². The van der Waals surface area contributed by atoms with Gasteiger partial charge in [0.25, 0.3) is 5.91 Å². The number of carbonyl (C=O) groups is 2. The Morgan fingerprint density at radius 3 is 2.75 bits per heavy atom. The third kappa shape index (κ3) is 4.78. The Kier molecular flexibility index (Phi) is 7.06. The molecule has 1 aromatic heterocycles. The second-order valence-electron chi connectivity index (χ2n) is 7.20. The molecule has 2 aromatic carbocycles. The summed E-state index contributed by atoms with van der Waals surface area (Å²) in [5, 5.41) is 2.35. The minimum atomic E-state index is -0.622. The first-order chi connectivity index (χ1) is 15.6. The number of methoxy groups -OCH3 is 1. The smallest absolute Gasteiger partial charge is 0.410 e. The van der Waals surface area contributed by atoms with Gasteiger partial charge in [-0.25, -0.2) is 9.78 Å². The van der Waals surface area contributed by atoms with Gasteiger partial charge < -0.3 is 9.47 Å². The van der Waals surface area contributed by atoms with Crippen LogP contribution in [0.1, 0.15) is 18.4 Å². The number of anilines is 2. The maximum Gasteiger partial charge on any atom is 0.410 e. The van der Waals surface area contributed by atoms with E-state index >= 15 is 0 Å². The molecule has 0 N–H and O–H groups in total. The van der Waals surface area contributed by atoms with Crippen molar-refractivity contribution in [2.75, 3.05) is 18.6 Å². The molecule has 0 radical (unpaired) electrons. The molecular weight excluding hydrogens is 494 g/mol. The molecule has 0 spiro atoms. The van der Waals surface area contributed by atoms with Crippen LogP contribution in [0.4, 0.5) is 15.6 Å². The Bertz CT molecular complexity index is 1080. The van der Waals surface area contributed by atoms with Gasteiger partial charge >= 0.3 is 6.09 Å². The Hall–Kier alpha value is -2.91. The van der Waals surface area contributed by atoms with Crippen molar-refractivity contribution < 1.29 is 19.1 Å². The predicted octanol–water partition coefficient (Wildman–Crippen LogP) is 5.38. The summed E-state index contributed by atoms with van der Waals surface area (Å²) in [6.07, 6.45) is 2.46. The number of rotatable bonds is 6. The van der Waals surface area contributed by atoms with Crippen LogP contribution in [0, 0.1) is 0 Å². The molecule has 1 atom stereocenters. The zero-order chi connectivity index (χ0) is 22.5. The summed E-state index contributed by atoms with van der Waals surface area (Å²) in [5.74, 6) is 0.443. The van der Waals surface area contributed by atoms with Gasteiger partial charge in [-0.2, -0.15) is 0 Å². The number of nitrogens with zero attached hydrogens (tertiary/aromatic N) is 3. The van der Waals surface area contributed by atoms with E-state index < -0.39 is 12.1 Å². The summed E-state index contributed by atoms with van der Waals surface area (Å²) >= 11 is 4.84. The zero-order valence-corrected chi connectivity index (χ0v) is 19.8. The standard InChI is InChI=1S/C23H22BrN3O4S/c1-30-20-10-9-17(14-18(20)24)27(22-25-11-13-32-22)21(28)19-8-5-12-26(19)23(29)31-15-16-6-3-2-4-7-16/h2-4,6-7,9-11,13-14,19H,5,8,12,15H2,1H3. The van der Waals surface area contributed by atoms with Gasteiger partial charge in [-0.15, -0.1) is 11.3 Å². The first kappa shape index (κ1) is 22.3. The molecule has 1 saturated heterocycles. The average Bonchev–Trinajstić information content (AvgIpc) is 3.51. The Morgan fingerprint density at radius 2 is 2.06 bits per heavy atom. The Morgan fingerprint density at radius 1 is 1.25 bits per heavy atom. The molecule has 9 heteroatoms. The fourth-order valence-corrected chi connectivity index (χ4v) is 4.84. The van der Waals surface area contributed by atoms with Gasteiger partial charge in [0.15, 0.2) is 5.13 Å². The van der Waals surface area contributed by atoms with Gasteiger partial charge in [0.1, 0.15) is 18.4 Å². The van der Waals surface area contributed by atoms with E-state index in [0.29, 0.717) is 29.5 Å². The Balaban J connectivity index is 1.56. The predicted molar refractivity (Wildman–Crippen MR) is 126 cm³/mol. The molecule has 32 heavy (non-hydrogen) atoms. The van der Waals surface area contributed by atoms with Crippen molar-refractivity contribution in [3.63, 3.8) is 0 Å². The van der Waals surface area contributed by atoms with Crippen molar-refractivity contribution in [2.45, 2.75) is 25.5 Å². The van der Waals surface area contributed by atoms with Crippen molar-refractivity contribution in [3.8, 4) is 5.75 Å². The number of aromatic nitrogens is 1. The van der Waals surface area contributed by atoms with Crippen molar-refractivity contribution >= 4 is 50.1 Å². The van der Waals surface area contributed by atoms with E-state index in [0.717, 1.165) is 16.5 Å². The normalized spacial score (nSPS) is 15.4. The molecule has 0 aliphatic carbocycles. The second kappa shape index (κ2) is 10.1. The molecule has 0 saturated carbocycles. The molecule has 1 fully saturated rings. The third-order valence-corrected chi connectivity index (χ3v) is 6.58. The number of ether oxygens (including phenoxy) is 2. The van der Waals surface area contributed by atoms with Crippen LogP contribution in [0.5, 0.6) is 5.75 Å². The fraction of sp³-hybridized carbons (Fsp3) is 0.261. The second-order valence-corrected chi connectivity index (χ2v) is 8.93. The van der Waals surface area contributed by atoms with Crippen LogP contribution in [-0.4, -0.2) is 41.6 Å². The molecule has 0 bridgehead atoms. The molecule has 7 nitrogen and oxygen atoms in total. The summed E-state index contributed by atoms with van der Waals surface area (Å²) in [4.78, 5) is 33.9. The average molecular weight is 516 g/mol. The molecule has 166 valence electrons. The molecular formula is C23H22BrN3O4S. The number of benzene rings is 2. The summed E-state index contributed by atoms with van der Waals surface area (Å²) in [7, 11) is 1.58. The first-order valence-corrected chi connectivity index (χ1v) is 11.8. The van der Waals surface area contributed by atoms with Gasteiger partial charge in [0.05, 0.1) is 17.3 Å². The van der Waals surface area contributed by atoms with E-state index in [2.05, 4.69) is 20.9 Å². The number of amides is 2. The van der Waals surface area contributed by atoms with Gasteiger partial charge in [-0.1, -0.05) is 30.3 Å². The van der Waals surface area contributed by atoms with Gasteiger partial charge in [0.2, 0.25) is 0 Å². The van der Waals surface area contributed by atoms with E-state index in [1.54, 1.807) is 30.3 Å². The number of thiazole rings is 1.